The molecule has 0 aliphatic heterocycles. The summed E-state index contributed by atoms with van der Waals surface area (Å²) in [6, 6.07) is 9.92. The van der Waals surface area contributed by atoms with Crippen LogP contribution in [0.15, 0.2) is 30.3 Å². The summed E-state index contributed by atoms with van der Waals surface area (Å²) >= 11 is -0.474. The van der Waals surface area contributed by atoms with Gasteiger partial charge in [0.15, 0.2) is 0 Å². The summed E-state index contributed by atoms with van der Waals surface area (Å²) < 4.78 is 0.921. The van der Waals surface area contributed by atoms with Crippen molar-refractivity contribution in [2.75, 3.05) is 0 Å². The van der Waals surface area contributed by atoms with Gasteiger partial charge in [0.1, 0.15) is 0 Å². The SMILES string of the molecule is O=C1CCCC(=O)C1[I-]c1ccccc1. The van der Waals surface area contributed by atoms with Gasteiger partial charge < -0.3 is 0 Å². The Morgan fingerprint density at radius 3 is 2.20 bits per heavy atom. The van der Waals surface area contributed by atoms with E-state index in [1.165, 1.54) is 3.57 Å². The Kier molecular flexibility index (Phi) is 3.51. The molecule has 2 rings (SSSR count). The number of carbonyl (C=O) groups excluding carboxylic acids is 2. The van der Waals surface area contributed by atoms with Crippen molar-refractivity contribution in [2.24, 2.45) is 0 Å². The fraction of sp³-hybridized carbons (Fsp3) is 0.333. The van der Waals surface area contributed by atoms with E-state index < -0.39 is 21.2 Å². The molecular weight excluding hydrogens is 303 g/mol. The third-order valence-corrected chi connectivity index (χ3v) is 5.83. The van der Waals surface area contributed by atoms with E-state index in [4.69, 9.17) is 0 Å². The number of Topliss-reactive ketones (excluding diaryl/α,β-unsaturated/α-hetero) is 2. The van der Waals surface area contributed by atoms with Gasteiger partial charge in [-0.15, -0.1) is 0 Å². The topological polar surface area (TPSA) is 34.1 Å². The number of alkyl halides is 1. The molecule has 15 heavy (non-hydrogen) atoms. The fourth-order valence-electron chi connectivity index (χ4n) is 1.60. The van der Waals surface area contributed by atoms with Crippen LogP contribution in [0.1, 0.15) is 19.3 Å². The monoisotopic (exact) mass is 315 g/mol. The molecule has 0 saturated heterocycles. The number of ketones is 2. The van der Waals surface area contributed by atoms with Gasteiger partial charge in [-0.3, -0.25) is 0 Å². The molecule has 0 bridgehead atoms. The maximum absolute atomic E-state index is 11.6. The Bertz CT molecular complexity index is 356. The van der Waals surface area contributed by atoms with Gasteiger partial charge in [-0.2, -0.15) is 0 Å². The molecule has 1 fully saturated rings. The Balaban J connectivity index is 2.10. The van der Waals surface area contributed by atoms with Crippen molar-refractivity contribution in [2.45, 2.75) is 23.2 Å². The summed E-state index contributed by atoms with van der Waals surface area (Å²) in [7, 11) is 0. The molecule has 2 nitrogen and oxygen atoms in total. The molecule has 0 heterocycles. The van der Waals surface area contributed by atoms with E-state index in [9.17, 15) is 9.59 Å². The van der Waals surface area contributed by atoms with Crippen LogP contribution < -0.4 is 21.2 Å². The van der Waals surface area contributed by atoms with E-state index in [0.717, 1.165) is 6.42 Å². The number of hydrogen-bond acceptors (Lipinski definition) is 2. The van der Waals surface area contributed by atoms with Crippen LogP contribution in [0, 0.1) is 3.57 Å². The van der Waals surface area contributed by atoms with Crippen LogP contribution in [0.25, 0.3) is 0 Å². The summed E-state index contributed by atoms with van der Waals surface area (Å²) in [6.07, 6.45) is 1.96. The standard InChI is InChI=1S/C12H12IO2/c14-10-7-4-8-11(15)12(10)13-9-5-2-1-3-6-9/h1-3,5-6,12H,4,7-8H2/q-1. The van der Waals surface area contributed by atoms with E-state index in [0.29, 0.717) is 12.8 Å². The average Bonchev–Trinajstić information content (AvgIpc) is 2.25. The van der Waals surface area contributed by atoms with Crippen molar-refractivity contribution in [1.29, 1.82) is 0 Å². The minimum absolute atomic E-state index is 0.169. The van der Waals surface area contributed by atoms with Crippen LogP contribution in [-0.4, -0.2) is 15.5 Å². The molecule has 0 atom stereocenters. The van der Waals surface area contributed by atoms with E-state index in [1.54, 1.807) is 0 Å². The van der Waals surface area contributed by atoms with Gasteiger partial charge in [0, 0.05) is 0 Å². The van der Waals surface area contributed by atoms with Crippen LogP contribution in [0.3, 0.4) is 0 Å². The predicted molar refractivity (Wildman–Crippen MR) is 52.8 cm³/mol. The van der Waals surface area contributed by atoms with Crippen LogP contribution in [0.2, 0.25) is 0 Å². The normalized spacial score (nSPS) is 18.4. The third kappa shape index (κ3) is 2.65. The zero-order valence-corrected chi connectivity index (χ0v) is 10.4. The van der Waals surface area contributed by atoms with Crippen LogP contribution in [-0.2, 0) is 9.59 Å². The Labute approximate surface area is 99.3 Å². The van der Waals surface area contributed by atoms with Crippen LogP contribution in [0.5, 0.6) is 0 Å². The van der Waals surface area contributed by atoms with E-state index in [1.807, 2.05) is 30.3 Å². The molecule has 80 valence electrons. The van der Waals surface area contributed by atoms with E-state index in [2.05, 4.69) is 0 Å². The number of halogens is 1. The van der Waals surface area contributed by atoms with Gasteiger partial charge in [0.2, 0.25) is 0 Å². The van der Waals surface area contributed by atoms with Gasteiger partial charge in [0.25, 0.3) is 0 Å². The molecule has 0 amide bonds. The number of benzene rings is 1. The molecule has 0 N–H and O–H groups in total. The third-order valence-electron chi connectivity index (χ3n) is 2.38. The van der Waals surface area contributed by atoms with Crippen molar-refractivity contribution in [3.63, 3.8) is 0 Å². The van der Waals surface area contributed by atoms with Crippen molar-refractivity contribution < 1.29 is 30.8 Å². The first-order valence-corrected chi connectivity index (χ1v) is 7.33. The van der Waals surface area contributed by atoms with Crippen LogP contribution in [0.4, 0.5) is 0 Å². The molecule has 1 saturated carbocycles. The van der Waals surface area contributed by atoms with Crippen LogP contribution >= 0.6 is 0 Å². The van der Waals surface area contributed by atoms with Gasteiger partial charge in [-0.1, -0.05) is 0 Å². The second-order valence-electron chi connectivity index (χ2n) is 3.55. The van der Waals surface area contributed by atoms with Gasteiger partial charge >= 0.3 is 99.4 Å². The first-order chi connectivity index (χ1) is 7.27. The fourth-order valence-corrected chi connectivity index (χ4v) is 4.47. The van der Waals surface area contributed by atoms with Gasteiger partial charge in [-0.05, 0) is 0 Å². The molecule has 1 aromatic rings. The second kappa shape index (κ2) is 4.88. The Morgan fingerprint density at radius 1 is 1.00 bits per heavy atom. The summed E-state index contributed by atoms with van der Waals surface area (Å²) in [6.45, 7) is 0. The van der Waals surface area contributed by atoms with Gasteiger partial charge in [-0.25, -0.2) is 0 Å². The first kappa shape index (κ1) is 10.8. The molecule has 0 aromatic heterocycles. The molecule has 0 radical (unpaired) electrons. The number of carbonyl (C=O) groups is 2. The van der Waals surface area contributed by atoms with E-state index >= 15 is 0 Å². The molecule has 3 heteroatoms. The number of rotatable bonds is 2. The molecule has 1 aliphatic rings. The second-order valence-corrected chi connectivity index (χ2v) is 6.67. The molecule has 1 aliphatic carbocycles. The zero-order chi connectivity index (χ0) is 10.7. The zero-order valence-electron chi connectivity index (χ0n) is 8.28. The minimum atomic E-state index is -0.474. The van der Waals surface area contributed by atoms with Crippen molar-refractivity contribution in [1.82, 2.24) is 0 Å². The molecule has 1 aromatic carbocycles. The van der Waals surface area contributed by atoms with Crippen molar-refractivity contribution >= 4 is 11.6 Å². The Hall–Kier alpha value is -0.710. The first-order valence-electron chi connectivity index (χ1n) is 5.01. The van der Waals surface area contributed by atoms with Crippen molar-refractivity contribution in [3.8, 4) is 0 Å². The molecule has 0 spiro atoms. The summed E-state index contributed by atoms with van der Waals surface area (Å²) in [5.41, 5.74) is 0. The predicted octanol–water partition coefficient (Wildman–Crippen LogP) is -1.36. The quantitative estimate of drug-likeness (QED) is 0.384. The summed E-state index contributed by atoms with van der Waals surface area (Å²) in [4.78, 5) is 23.2. The summed E-state index contributed by atoms with van der Waals surface area (Å²) in [5, 5.41) is 0. The maximum atomic E-state index is 11.6. The van der Waals surface area contributed by atoms with Gasteiger partial charge in [0.05, 0.1) is 0 Å². The molecular formula is C12H12IO2-. The Morgan fingerprint density at radius 2 is 1.60 bits per heavy atom. The van der Waals surface area contributed by atoms with Crippen molar-refractivity contribution in [3.05, 3.63) is 33.9 Å². The summed E-state index contributed by atoms with van der Waals surface area (Å²) in [5.74, 6) is 0.339. The average molecular weight is 315 g/mol. The number of hydrogen-bond donors (Lipinski definition) is 0. The molecule has 0 unspecified atom stereocenters. The van der Waals surface area contributed by atoms with E-state index in [-0.39, 0.29) is 15.5 Å².